The number of aliphatic hydroxyl groups is 1. The molecule has 4 N–H and O–H groups in total. The predicted molar refractivity (Wildman–Crippen MR) is 83.6 cm³/mol. The molecule has 1 aromatic carbocycles. The molecule has 0 saturated heterocycles. The topological polar surface area (TPSA) is 58.3 Å². The molecule has 19 heavy (non-hydrogen) atoms. The zero-order chi connectivity index (χ0) is 13.8. The van der Waals surface area contributed by atoms with E-state index in [1.807, 2.05) is 25.1 Å². The smallest absolute Gasteiger partial charge is 0.106 e. The second-order valence-electron chi connectivity index (χ2n) is 5.37. The Hall–Kier alpha value is -1.13. The quantitative estimate of drug-likeness (QED) is 0.588. The third kappa shape index (κ3) is 3.67. The Balaban J connectivity index is 2.21. The third-order valence-electron chi connectivity index (χ3n) is 3.76. The predicted octanol–water partition coefficient (Wildman–Crippen LogP) is 2.73. The molecule has 104 valence electrons. The van der Waals surface area contributed by atoms with Gasteiger partial charge < -0.3 is 16.2 Å². The SMILES string of the molecule is Cc1ccc(C(N)=S)c(NC2CCCCCC2O)c1. The van der Waals surface area contributed by atoms with E-state index < -0.39 is 0 Å². The van der Waals surface area contributed by atoms with Gasteiger partial charge in [0.05, 0.1) is 12.1 Å². The molecule has 1 saturated carbocycles. The molecule has 0 heterocycles. The molecule has 2 unspecified atom stereocenters. The number of anilines is 1. The van der Waals surface area contributed by atoms with Crippen LogP contribution in [-0.4, -0.2) is 22.2 Å². The van der Waals surface area contributed by atoms with Crippen molar-refractivity contribution in [1.82, 2.24) is 0 Å². The summed E-state index contributed by atoms with van der Waals surface area (Å²) >= 11 is 5.09. The molecule has 1 aliphatic carbocycles. The zero-order valence-corrected chi connectivity index (χ0v) is 12.2. The molecule has 3 nitrogen and oxygen atoms in total. The maximum atomic E-state index is 10.2. The minimum absolute atomic E-state index is 0.0948. The molecular formula is C15H22N2OS. The van der Waals surface area contributed by atoms with E-state index in [0.29, 0.717) is 4.99 Å². The lowest BCUT2D eigenvalue weighted by atomic mass is 10.0. The van der Waals surface area contributed by atoms with Gasteiger partial charge >= 0.3 is 0 Å². The molecule has 1 aliphatic rings. The fourth-order valence-electron chi connectivity index (χ4n) is 2.65. The molecular weight excluding hydrogens is 256 g/mol. The molecule has 0 aliphatic heterocycles. The van der Waals surface area contributed by atoms with E-state index in [4.69, 9.17) is 18.0 Å². The number of benzene rings is 1. The van der Waals surface area contributed by atoms with Crippen LogP contribution in [0.15, 0.2) is 18.2 Å². The van der Waals surface area contributed by atoms with Gasteiger partial charge in [0.2, 0.25) is 0 Å². The number of nitrogens with one attached hydrogen (secondary N) is 1. The van der Waals surface area contributed by atoms with Crippen molar-refractivity contribution >= 4 is 22.9 Å². The number of hydrogen-bond acceptors (Lipinski definition) is 3. The standard InChI is InChI=1S/C15H22N2OS/c1-10-7-8-11(15(16)19)13(9-10)17-12-5-3-2-4-6-14(12)18/h7-9,12,14,17-18H,2-6H2,1H3,(H2,16,19). The summed E-state index contributed by atoms with van der Waals surface area (Å²) in [6, 6.07) is 6.09. The number of hydrogen-bond donors (Lipinski definition) is 3. The van der Waals surface area contributed by atoms with Crippen LogP contribution in [0.2, 0.25) is 0 Å². The average Bonchev–Trinajstić information content (AvgIpc) is 2.55. The summed E-state index contributed by atoms with van der Waals surface area (Å²) in [5, 5.41) is 13.6. The fraction of sp³-hybridized carbons (Fsp3) is 0.533. The number of rotatable bonds is 3. The molecule has 1 fully saturated rings. The molecule has 1 aromatic rings. The maximum Gasteiger partial charge on any atom is 0.106 e. The van der Waals surface area contributed by atoms with Crippen LogP contribution in [0.3, 0.4) is 0 Å². The molecule has 2 atom stereocenters. The highest BCUT2D eigenvalue weighted by Gasteiger charge is 2.22. The summed E-state index contributed by atoms with van der Waals surface area (Å²) in [4.78, 5) is 0.394. The van der Waals surface area contributed by atoms with Crippen molar-refractivity contribution in [3.63, 3.8) is 0 Å². The number of nitrogens with two attached hydrogens (primary N) is 1. The van der Waals surface area contributed by atoms with E-state index in [9.17, 15) is 5.11 Å². The normalized spacial score (nSPS) is 23.7. The van der Waals surface area contributed by atoms with Crippen molar-refractivity contribution < 1.29 is 5.11 Å². The minimum atomic E-state index is -0.290. The number of aliphatic hydroxyl groups excluding tert-OH is 1. The van der Waals surface area contributed by atoms with Gasteiger partial charge in [0.15, 0.2) is 0 Å². The van der Waals surface area contributed by atoms with Crippen molar-refractivity contribution in [2.45, 2.75) is 51.2 Å². The zero-order valence-electron chi connectivity index (χ0n) is 11.4. The highest BCUT2D eigenvalue weighted by atomic mass is 32.1. The average molecular weight is 278 g/mol. The summed E-state index contributed by atoms with van der Waals surface area (Å²) in [6.07, 6.45) is 5.03. The van der Waals surface area contributed by atoms with Crippen LogP contribution < -0.4 is 11.1 Å². The molecule has 0 spiro atoms. The molecule has 0 aromatic heterocycles. The van der Waals surface area contributed by atoms with Crippen LogP contribution in [0.4, 0.5) is 5.69 Å². The van der Waals surface area contributed by atoms with Gasteiger partial charge in [-0.05, 0) is 37.5 Å². The van der Waals surface area contributed by atoms with Crippen molar-refractivity contribution in [1.29, 1.82) is 0 Å². The van der Waals surface area contributed by atoms with E-state index in [-0.39, 0.29) is 12.1 Å². The summed E-state index contributed by atoms with van der Waals surface area (Å²) in [5.41, 5.74) is 8.72. The summed E-state index contributed by atoms with van der Waals surface area (Å²) in [6.45, 7) is 2.04. The van der Waals surface area contributed by atoms with E-state index in [1.165, 1.54) is 6.42 Å². The fourth-order valence-corrected chi connectivity index (χ4v) is 2.83. The van der Waals surface area contributed by atoms with Crippen molar-refractivity contribution in [3.8, 4) is 0 Å². The monoisotopic (exact) mass is 278 g/mol. The van der Waals surface area contributed by atoms with Gasteiger partial charge in [-0.1, -0.05) is 37.5 Å². The second-order valence-corrected chi connectivity index (χ2v) is 5.81. The Morgan fingerprint density at radius 3 is 2.79 bits per heavy atom. The largest absolute Gasteiger partial charge is 0.391 e. The van der Waals surface area contributed by atoms with Crippen LogP contribution in [0.1, 0.15) is 43.2 Å². The van der Waals surface area contributed by atoms with Crippen molar-refractivity contribution in [2.75, 3.05) is 5.32 Å². The maximum absolute atomic E-state index is 10.2. The highest BCUT2D eigenvalue weighted by Crippen LogP contribution is 2.24. The molecule has 0 amide bonds. The molecule has 0 radical (unpaired) electrons. The van der Waals surface area contributed by atoms with E-state index in [0.717, 1.165) is 42.5 Å². The first kappa shape index (κ1) is 14.3. The summed E-state index contributed by atoms with van der Waals surface area (Å²) in [5.74, 6) is 0. The first-order valence-corrected chi connectivity index (χ1v) is 7.34. The van der Waals surface area contributed by atoms with Gasteiger partial charge in [-0.25, -0.2) is 0 Å². The lowest BCUT2D eigenvalue weighted by Gasteiger charge is -2.24. The lowest BCUT2D eigenvalue weighted by Crippen LogP contribution is -2.33. The minimum Gasteiger partial charge on any atom is -0.391 e. The van der Waals surface area contributed by atoms with Crippen LogP contribution in [0, 0.1) is 6.92 Å². The number of thiocarbonyl (C=S) groups is 1. The molecule has 2 rings (SSSR count). The van der Waals surface area contributed by atoms with Gasteiger partial charge in [0.25, 0.3) is 0 Å². The Morgan fingerprint density at radius 2 is 2.05 bits per heavy atom. The summed E-state index contributed by atoms with van der Waals surface area (Å²) in [7, 11) is 0. The van der Waals surface area contributed by atoms with Gasteiger partial charge in [0, 0.05) is 11.3 Å². The Bertz CT molecular complexity index is 461. The van der Waals surface area contributed by atoms with Gasteiger partial charge in [0.1, 0.15) is 4.99 Å². The van der Waals surface area contributed by atoms with E-state index in [2.05, 4.69) is 5.32 Å². The number of aryl methyl sites for hydroxylation is 1. The van der Waals surface area contributed by atoms with Gasteiger partial charge in [-0.15, -0.1) is 0 Å². The second kappa shape index (κ2) is 6.35. The lowest BCUT2D eigenvalue weighted by molar-refractivity contribution is 0.144. The van der Waals surface area contributed by atoms with Crippen LogP contribution in [0.25, 0.3) is 0 Å². The molecule has 0 bridgehead atoms. The Labute approximate surface area is 120 Å². The Kier molecular flexibility index (Phi) is 4.77. The highest BCUT2D eigenvalue weighted by molar-refractivity contribution is 7.80. The van der Waals surface area contributed by atoms with Gasteiger partial charge in [-0.2, -0.15) is 0 Å². The van der Waals surface area contributed by atoms with Crippen molar-refractivity contribution in [3.05, 3.63) is 29.3 Å². The third-order valence-corrected chi connectivity index (χ3v) is 3.98. The Morgan fingerprint density at radius 1 is 1.32 bits per heavy atom. The first-order valence-electron chi connectivity index (χ1n) is 6.93. The van der Waals surface area contributed by atoms with E-state index >= 15 is 0 Å². The first-order chi connectivity index (χ1) is 9.08. The van der Waals surface area contributed by atoms with E-state index in [1.54, 1.807) is 0 Å². The summed E-state index contributed by atoms with van der Waals surface area (Å²) < 4.78 is 0. The van der Waals surface area contributed by atoms with Crippen LogP contribution in [-0.2, 0) is 0 Å². The molecule has 4 heteroatoms. The van der Waals surface area contributed by atoms with Gasteiger partial charge in [-0.3, -0.25) is 0 Å². The van der Waals surface area contributed by atoms with Crippen LogP contribution in [0.5, 0.6) is 0 Å². The van der Waals surface area contributed by atoms with Crippen LogP contribution >= 0.6 is 12.2 Å². The van der Waals surface area contributed by atoms with Crippen molar-refractivity contribution in [2.24, 2.45) is 5.73 Å².